The van der Waals surface area contributed by atoms with Crippen molar-refractivity contribution in [2.24, 2.45) is 0 Å². The van der Waals surface area contributed by atoms with Crippen LogP contribution in [0.3, 0.4) is 0 Å². The number of aromatic nitrogens is 4. The number of aryl methyl sites for hydroxylation is 2. The van der Waals surface area contributed by atoms with Crippen molar-refractivity contribution in [2.45, 2.75) is 19.3 Å². The molecule has 0 aliphatic heterocycles. The van der Waals surface area contributed by atoms with E-state index in [-0.39, 0.29) is 29.5 Å². The molecule has 0 radical (unpaired) electrons. The van der Waals surface area contributed by atoms with Gasteiger partial charge in [0, 0.05) is 0 Å². The van der Waals surface area contributed by atoms with E-state index in [4.69, 9.17) is 0 Å². The van der Waals surface area contributed by atoms with Crippen LogP contribution in [0.5, 0.6) is 0 Å². The standard InChI is InChI=1S/C19H16N4Se2/c1-3-8-14(9-4-1)18-16(24-22-20-18)12-7-13-17-19(21-23-25-17)15-10-5-2-6-11-15/h1-6,8-11H,7,12-13H2. The first-order valence-corrected chi connectivity index (χ1v) is 11.4. The van der Waals surface area contributed by atoms with Crippen molar-refractivity contribution < 1.29 is 0 Å². The van der Waals surface area contributed by atoms with Gasteiger partial charge in [0.05, 0.1) is 0 Å². The van der Waals surface area contributed by atoms with Gasteiger partial charge in [0.2, 0.25) is 0 Å². The van der Waals surface area contributed by atoms with Crippen LogP contribution in [0.15, 0.2) is 60.7 Å². The normalized spacial score (nSPS) is 10.9. The third kappa shape index (κ3) is 3.88. The van der Waals surface area contributed by atoms with Crippen molar-refractivity contribution in [3.8, 4) is 22.5 Å². The number of hydrogen-bond acceptors (Lipinski definition) is 4. The molecule has 0 N–H and O–H groups in total. The Kier molecular flexibility index (Phi) is 5.33. The summed E-state index contributed by atoms with van der Waals surface area (Å²) in [6.07, 6.45) is 3.22. The van der Waals surface area contributed by atoms with E-state index in [1.165, 1.54) is 20.0 Å². The van der Waals surface area contributed by atoms with Gasteiger partial charge < -0.3 is 0 Å². The molecular formula is C19H16N4Se2. The molecule has 4 aromatic rings. The third-order valence-electron chi connectivity index (χ3n) is 4.01. The second-order valence-corrected chi connectivity index (χ2v) is 9.19. The summed E-state index contributed by atoms with van der Waals surface area (Å²) in [5.41, 5.74) is 4.54. The van der Waals surface area contributed by atoms with Crippen LogP contribution in [0.25, 0.3) is 22.5 Å². The molecule has 2 heterocycles. The first-order valence-electron chi connectivity index (χ1n) is 8.15. The average molecular weight is 458 g/mol. The Morgan fingerprint density at radius 2 is 1.04 bits per heavy atom. The van der Waals surface area contributed by atoms with Gasteiger partial charge in [-0.25, -0.2) is 0 Å². The van der Waals surface area contributed by atoms with Crippen molar-refractivity contribution in [2.75, 3.05) is 0 Å². The molecule has 124 valence electrons. The van der Waals surface area contributed by atoms with Gasteiger partial charge in [0.15, 0.2) is 0 Å². The number of rotatable bonds is 6. The fourth-order valence-corrected chi connectivity index (χ4v) is 5.73. The molecule has 0 aliphatic carbocycles. The minimum absolute atomic E-state index is 0.150. The Morgan fingerprint density at radius 1 is 0.600 bits per heavy atom. The SMILES string of the molecule is c1ccc(-c2nn[se]c2CCCc2[se]nnc2-c2ccccc2)cc1. The van der Waals surface area contributed by atoms with Crippen LogP contribution in [-0.2, 0) is 12.8 Å². The van der Waals surface area contributed by atoms with Crippen LogP contribution in [0.1, 0.15) is 15.3 Å². The molecule has 0 bridgehead atoms. The molecule has 0 unspecified atom stereocenters. The Bertz CT molecular complexity index is 854. The molecule has 0 saturated carbocycles. The quantitative estimate of drug-likeness (QED) is 0.417. The van der Waals surface area contributed by atoms with Crippen LogP contribution < -0.4 is 0 Å². The Morgan fingerprint density at radius 3 is 1.48 bits per heavy atom. The van der Waals surface area contributed by atoms with Crippen molar-refractivity contribution in [3.63, 3.8) is 0 Å². The molecule has 4 nitrogen and oxygen atoms in total. The summed E-state index contributed by atoms with van der Waals surface area (Å²) >= 11 is 0.300. The molecule has 0 atom stereocenters. The number of benzene rings is 2. The van der Waals surface area contributed by atoms with Crippen LogP contribution in [0.2, 0.25) is 0 Å². The average Bonchev–Trinajstić information content (AvgIpc) is 3.33. The first-order chi connectivity index (χ1) is 12.4. The van der Waals surface area contributed by atoms with Gasteiger partial charge in [0.1, 0.15) is 0 Å². The van der Waals surface area contributed by atoms with Gasteiger partial charge >= 0.3 is 159 Å². The van der Waals surface area contributed by atoms with Crippen LogP contribution in [0.4, 0.5) is 0 Å². The topological polar surface area (TPSA) is 51.6 Å². The van der Waals surface area contributed by atoms with E-state index in [1.54, 1.807) is 0 Å². The molecule has 0 spiro atoms. The van der Waals surface area contributed by atoms with Crippen molar-refractivity contribution in [1.82, 2.24) is 18.4 Å². The van der Waals surface area contributed by atoms with Crippen molar-refractivity contribution in [3.05, 3.63) is 69.5 Å². The molecule has 4 rings (SSSR count). The van der Waals surface area contributed by atoms with Gasteiger partial charge in [-0.05, 0) is 0 Å². The van der Waals surface area contributed by atoms with Gasteiger partial charge in [-0.15, -0.1) is 0 Å². The summed E-state index contributed by atoms with van der Waals surface area (Å²) in [6, 6.07) is 20.8. The van der Waals surface area contributed by atoms with Crippen molar-refractivity contribution >= 4 is 29.5 Å². The molecule has 6 heteroatoms. The van der Waals surface area contributed by atoms with Gasteiger partial charge in [0.25, 0.3) is 0 Å². The van der Waals surface area contributed by atoms with Crippen molar-refractivity contribution in [1.29, 1.82) is 0 Å². The zero-order chi connectivity index (χ0) is 16.9. The van der Waals surface area contributed by atoms with Gasteiger partial charge in [-0.2, -0.15) is 0 Å². The monoisotopic (exact) mass is 460 g/mol. The van der Waals surface area contributed by atoms with E-state index < -0.39 is 0 Å². The molecule has 2 aromatic carbocycles. The second kappa shape index (κ2) is 8.03. The summed E-state index contributed by atoms with van der Waals surface area (Å²) in [7, 11) is 0. The Labute approximate surface area is 158 Å². The molecule has 0 amide bonds. The molecule has 0 saturated heterocycles. The van der Waals surface area contributed by atoms with E-state index in [0.717, 1.165) is 30.7 Å². The maximum absolute atomic E-state index is 4.39. The second-order valence-electron chi connectivity index (χ2n) is 5.68. The van der Waals surface area contributed by atoms with E-state index in [0.29, 0.717) is 0 Å². The first kappa shape index (κ1) is 16.6. The van der Waals surface area contributed by atoms with Crippen LogP contribution in [0, 0.1) is 0 Å². The predicted octanol–water partition coefficient (Wildman–Crippen LogP) is 2.89. The molecule has 0 fully saturated rings. The summed E-state index contributed by atoms with van der Waals surface area (Å²) in [5.74, 6) is 0. The van der Waals surface area contributed by atoms with Gasteiger partial charge in [-0.1, -0.05) is 0 Å². The fourth-order valence-electron chi connectivity index (χ4n) is 2.79. The molecule has 25 heavy (non-hydrogen) atoms. The van der Waals surface area contributed by atoms with E-state index in [2.05, 4.69) is 66.9 Å². The maximum atomic E-state index is 4.39. The predicted molar refractivity (Wildman–Crippen MR) is 101 cm³/mol. The number of nitrogens with zero attached hydrogens (tertiary/aromatic N) is 4. The molecule has 0 aliphatic rings. The van der Waals surface area contributed by atoms with Crippen LogP contribution >= 0.6 is 0 Å². The Balaban J connectivity index is 1.45. The number of hydrogen-bond donors (Lipinski definition) is 0. The summed E-state index contributed by atoms with van der Waals surface area (Å²) < 4.78 is 11.4. The summed E-state index contributed by atoms with van der Waals surface area (Å²) in [6.45, 7) is 0. The van der Waals surface area contributed by atoms with E-state index in [9.17, 15) is 0 Å². The minimum atomic E-state index is 0.150. The third-order valence-corrected chi connectivity index (χ3v) is 7.29. The zero-order valence-corrected chi connectivity index (χ0v) is 16.9. The molecule has 2 aromatic heterocycles. The summed E-state index contributed by atoms with van der Waals surface area (Å²) in [4.78, 5) is 0. The van der Waals surface area contributed by atoms with Gasteiger partial charge in [-0.3, -0.25) is 0 Å². The Hall–Kier alpha value is -1.84. The summed E-state index contributed by atoms with van der Waals surface area (Å²) in [5, 5.41) is 8.78. The zero-order valence-electron chi connectivity index (χ0n) is 13.5. The van der Waals surface area contributed by atoms with E-state index >= 15 is 0 Å². The van der Waals surface area contributed by atoms with E-state index in [1.807, 2.05) is 12.1 Å². The molecular weight excluding hydrogens is 442 g/mol. The van der Waals surface area contributed by atoms with Crippen LogP contribution in [-0.4, -0.2) is 47.9 Å². The fraction of sp³-hybridized carbons (Fsp3) is 0.158.